The molecule has 1 fully saturated rings. The first-order valence-electron chi connectivity index (χ1n) is 10.4. The van der Waals surface area contributed by atoms with Gasteiger partial charge in [0.25, 0.3) is 0 Å². The summed E-state index contributed by atoms with van der Waals surface area (Å²) in [6.07, 6.45) is -4.93. The molecule has 0 aromatic heterocycles. The number of benzene rings is 2. The quantitative estimate of drug-likeness (QED) is 0.719. The van der Waals surface area contributed by atoms with Crippen LogP contribution in [0.2, 0.25) is 0 Å². The second-order valence-electron chi connectivity index (χ2n) is 8.15. The van der Waals surface area contributed by atoms with Crippen molar-refractivity contribution < 1.29 is 27.9 Å². The first kappa shape index (κ1) is 22.4. The first-order valence-corrected chi connectivity index (χ1v) is 10.4. The lowest BCUT2D eigenvalue weighted by Gasteiger charge is -2.34. The summed E-state index contributed by atoms with van der Waals surface area (Å²) in [7, 11) is 0. The molecule has 0 saturated carbocycles. The Kier molecular flexibility index (Phi) is 7.26. The molecule has 0 spiro atoms. The highest BCUT2D eigenvalue weighted by Crippen LogP contribution is 2.31. The number of ether oxygens (including phenoxy) is 1. The predicted octanol–water partition coefficient (Wildman–Crippen LogP) is 2.97. The normalized spacial score (nSPS) is 16.7. The van der Waals surface area contributed by atoms with Gasteiger partial charge in [-0.2, -0.15) is 13.2 Å². The zero-order chi connectivity index (χ0) is 21.7. The minimum atomic E-state index is -4.33. The third-order valence-corrected chi connectivity index (χ3v) is 5.51. The highest BCUT2D eigenvalue weighted by molar-refractivity contribution is 5.49. The maximum Gasteiger partial charge on any atom is 0.416 e. The van der Waals surface area contributed by atoms with Crippen molar-refractivity contribution in [2.24, 2.45) is 0 Å². The molecule has 164 valence electrons. The average Bonchev–Trinajstić information content (AvgIpc) is 2.72. The van der Waals surface area contributed by atoms with E-state index in [2.05, 4.69) is 13.8 Å². The molecule has 0 bridgehead atoms. The molecule has 3 rings (SSSR count). The van der Waals surface area contributed by atoms with Gasteiger partial charge in [-0.05, 0) is 35.7 Å². The Morgan fingerprint density at radius 2 is 1.77 bits per heavy atom. The van der Waals surface area contributed by atoms with Crippen molar-refractivity contribution in [1.29, 1.82) is 0 Å². The third-order valence-electron chi connectivity index (χ3n) is 5.51. The van der Waals surface area contributed by atoms with Crippen molar-refractivity contribution in [3.05, 3.63) is 59.7 Å². The van der Waals surface area contributed by atoms with Crippen molar-refractivity contribution in [1.82, 2.24) is 0 Å². The minimum Gasteiger partial charge on any atom is -0.490 e. The Morgan fingerprint density at radius 1 is 1.07 bits per heavy atom. The average molecular weight is 423 g/mol. The van der Waals surface area contributed by atoms with Gasteiger partial charge in [0.15, 0.2) is 0 Å². The molecule has 1 aliphatic heterocycles. The molecule has 2 aromatic carbocycles. The Bertz CT molecular complexity index is 818. The van der Waals surface area contributed by atoms with E-state index >= 15 is 0 Å². The predicted molar refractivity (Wildman–Crippen MR) is 111 cm³/mol. The monoisotopic (exact) mass is 423 g/mol. The summed E-state index contributed by atoms with van der Waals surface area (Å²) in [5, 5.41) is 10.4. The van der Waals surface area contributed by atoms with E-state index < -0.39 is 17.8 Å². The number of hydrogen-bond donors (Lipinski definition) is 2. The smallest absolute Gasteiger partial charge is 0.416 e. The summed E-state index contributed by atoms with van der Waals surface area (Å²) >= 11 is 0. The van der Waals surface area contributed by atoms with E-state index in [-0.39, 0.29) is 6.61 Å². The second-order valence-corrected chi connectivity index (χ2v) is 8.15. The lowest BCUT2D eigenvalue weighted by atomic mass is 10.0. The molecule has 30 heavy (non-hydrogen) atoms. The molecule has 2 aromatic rings. The van der Waals surface area contributed by atoms with Crippen molar-refractivity contribution in [3.63, 3.8) is 0 Å². The summed E-state index contributed by atoms with van der Waals surface area (Å²) in [6.45, 7) is 7.82. The van der Waals surface area contributed by atoms with Crippen LogP contribution in [0.4, 0.5) is 18.9 Å². The molecule has 1 saturated heterocycles. The molecule has 0 radical (unpaired) electrons. The summed E-state index contributed by atoms with van der Waals surface area (Å²) in [5.74, 6) is 1.14. The van der Waals surface area contributed by atoms with Crippen LogP contribution in [0.25, 0.3) is 0 Å². The van der Waals surface area contributed by atoms with Crippen LogP contribution in [-0.2, 0) is 6.18 Å². The number of anilines is 1. The maximum atomic E-state index is 12.9. The number of alkyl halides is 3. The van der Waals surface area contributed by atoms with E-state index in [9.17, 15) is 18.3 Å². The highest BCUT2D eigenvalue weighted by Gasteiger charge is 2.31. The molecule has 1 aliphatic rings. The number of aliphatic hydroxyl groups excluding tert-OH is 1. The summed E-state index contributed by atoms with van der Waals surface area (Å²) in [6, 6.07) is 13.3. The van der Waals surface area contributed by atoms with Gasteiger partial charge < -0.3 is 19.6 Å². The Morgan fingerprint density at radius 3 is 2.43 bits per heavy atom. The number of hydrogen-bond acceptors (Lipinski definition) is 3. The Hall–Kier alpha value is -2.25. The maximum absolute atomic E-state index is 12.9. The number of piperazine rings is 1. The summed E-state index contributed by atoms with van der Waals surface area (Å²) in [5.41, 5.74) is 1.09. The van der Waals surface area contributed by atoms with E-state index in [1.54, 1.807) is 6.07 Å². The van der Waals surface area contributed by atoms with Gasteiger partial charge in [0.1, 0.15) is 25.0 Å². The molecule has 1 atom stereocenters. The number of nitrogens with one attached hydrogen (secondary N) is 1. The fourth-order valence-electron chi connectivity index (χ4n) is 3.83. The van der Waals surface area contributed by atoms with Crippen molar-refractivity contribution in [3.8, 4) is 5.75 Å². The molecule has 7 heteroatoms. The molecule has 2 N–H and O–H groups in total. The van der Waals surface area contributed by atoms with Gasteiger partial charge >= 0.3 is 6.18 Å². The lowest BCUT2D eigenvalue weighted by Crippen LogP contribution is -3.16. The van der Waals surface area contributed by atoms with Gasteiger partial charge in [0.2, 0.25) is 0 Å². The molecular formula is C23H30F3N2O2+. The van der Waals surface area contributed by atoms with Crippen LogP contribution in [0.1, 0.15) is 30.9 Å². The SMILES string of the molecule is CC(C)c1ccccc1OC[C@H](O)C[NH+]1CCN(c2cccc(C(F)(F)F)c2)CC1. The van der Waals surface area contributed by atoms with Crippen molar-refractivity contribution in [2.75, 3.05) is 44.2 Å². The fourth-order valence-corrected chi connectivity index (χ4v) is 3.83. The molecule has 4 nitrogen and oxygen atoms in total. The number of quaternary nitrogens is 1. The minimum absolute atomic E-state index is 0.227. The first-order chi connectivity index (χ1) is 14.2. The van der Waals surface area contributed by atoms with E-state index in [1.165, 1.54) is 17.0 Å². The van der Waals surface area contributed by atoms with Crippen molar-refractivity contribution >= 4 is 5.69 Å². The highest BCUT2D eigenvalue weighted by atomic mass is 19.4. The molecular weight excluding hydrogens is 393 g/mol. The van der Waals surface area contributed by atoms with E-state index in [1.807, 2.05) is 29.2 Å². The van der Waals surface area contributed by atoms with Gasteiger partial charge in [0, 0.05) is 5.69 Å². The van der Waals surface area contributed by atoms with Crippen LogP contribution in [-0.4, -0.2) is 50.5 Å². The zero-order valence-electron chi connectivity index (χ0n) is 17.5. The van der Waals surface area contributed by atoms with Crippen molar-refractivity contribution in [2.45, 2.75) is 32.0 Å². The fraction of sp³-hybridized carbons (Fsp3) is 0.478. The molecule has 0 amide bonds. The second kappa shape index (κ2) is 9.71. The number of halogens is 3. The standard InChI is InChI=1S/C23H29F3N2O2/c1-17(2)21-8-3-4-9-22(21)30-16-20(29)15-27-10-12-28(13-11-27)19-7-5-6-18(14-19)23(24,25)26/h3-9,14,17,20,29H,10-13,15-16H2,1-2H3/p+1/t20-/m1/s1. The van der Waals surface area contributed by atoms with Crippen LogP contribution in [0, 0.1) is 0 Å². The number of para-hydroxylation sites is 1. The van der Waals surface area contributed by atoms with Gasteiger partial charge in [-0.1, -0.05) is 38.1 Å². The lowest BCUT2D eigenvalue weighted by molar-refractivity contribution is -0.903. The van der Waals surface area contributed by atoms with E-state index in [0.29, 0.717) is 31.2 Å². The van der Waals surface area contributed by atoms with Crippen LogP contribution in [0.15, 0.2) is 48.5 Å². The van der Waals surface area contributed by atoms with Crippen LogP contribution in [0.3, 0.4) is 0 Å². The number of aliphatic hydroxyl groups is 1. The van der Waals surface area contributed by atoms with Crippen LogP contribution in [0.5, 0.6) is 5.75 Å². The van der Waals surface area contributed by atoms with E-state index in [4.69, 9.17) is 4.74 Å². The largest absolute Gasteiger partial charge is 0.490 e. The Labute approximate surface area is 175 Å². The topological polar surface area (TPSA) is 37.1 Å². The third kappa shape index (κ3) is 5.89. The van der Waals surface area contributed by atoms with Crippen LogP contribution >= 0.6 is 0 Å². The summed E-state index contributed by atoms with van der Waals surface area (Å²) < 4.78 is 44.7. The number of nitrogens with zero attached hydrogens (tertiary/aromatic N) is 1. The molecule has 0 aliphatic carbocycles. The van der Waals surface area contributed by atoms with Gasteiger partial charge in [-0.25, -0.2) is 0 Å². The Balaban J connectivity index is 1.48. The van der Waals surface area contributed by atoms with E-state index in [0.717, 1.165) is 30.5 Å². The number of rotatable bonds is 7. The molecule has 0 unspecified atom stereocenters. The van der Waals surface area contributed by atoms with Crippen LogP contribution < -0.4 is 14.5 Å². The van der Waals surface area contributed by atoms with Gasteiger partial charge in [-0.3, -0.25) is 0 Å². The summed E-state index contributed by atoms with van der Waals surface area (Å²) in [4.78, 5) is 3.20. The molecule has 1 heterocycles. The van der Waals surface area contributed by atoms with Gasteiger partial charge in [-0.15, -0.1) is 0 Å². The zero-order valence-corrected chi connectivity index (χ0v) is 17.5. The van der Waals surface area contributed by atoms with Gasteiger partial charge in [0.05, 0.1) is 31.7 Å².